The molecule has 0 spiro atoms. The number of carbonyl (C=O) groups excluding carboxylic acids is 1. The lowest BCUT2D eigenvalue weighted by atomic mass is 9.93. The Morgan fingerprint density at radius 2 is 2.24 bits per heavy atom. The molecule has 1 aromatic rings. The van der Waals surface area contributed by atoms with Gasteiger partial charge in [-0.05, 0) is 43.0 Å². The molecular formula is C17H24ClNO2. The van der Waals surface area contributed by atoms with Gasteiger partial charge < -0.3 is 10.5 Å². The lowest BCUT2D eigenvalue weighted by Crippen LogP contribution is -2.11. The highest BCUT2D eigenvalue weighted by Gasteiger charge is 2.19. The van der Waals surface area contributed by atoms with E-state index in [-0.39, 0.29) is 5.78 Å². The van der Waals surface area contributed by atoms with Gasteiger partial charge in [-0.1, -0.05) is 24.9 Å². The van der Waals surface area contributed by atoms with Crippen molar-refractivity contribution in [1.82, 2.24) is 0 Å². The maximum atomic E-state index is 12.2. The Bertz CT molecular complexity index is 502. The van der Waals surface area contributed by atoms with E-state index in [2.05, 4.69) is 6.92 Å². The number of rotatable bonds is 8. The van der Waals surface area contributed by atoms with Crippen LogP contribution in [0.5, 0.6) is 5.75 Å². The maximum Gasteiger partial charge on any atom is 0.137 e. The molecule has 0 fully saturated rings. The van der Waals surface area contributed by atoms with Gasteiger partial charge in [-0.3, -0.25) is 4.79 Å². The lowest BCUT2D eigenvalue weighted by Gasteiger charge is -2.13. The third-order valence-electron chi connectivity index (χ3n) is 4.20. The largest absolute Gasteiger partial charge is 0.493 e. The monoisotopic (exact) mass is 309 g/mol. The molecule has 3 nitrogen and oxygen atoms in total. The van der Waals surface area contributed by atoms with Crippen molar-refractivity contribution in [2.75, 3.05) is 13.2 Å². The number of hydrogen-bond donors (Lipinski definition) is 1. The Kier molecular flexibility index (Phi) is 6.07. The highest BCUT2D eigenvalue weighted by Crippen LogP contribution is 2.33. The highest BCUT2D eigenvalue weighted by molar-refractivity contribution is 6.30. The third kappa shape index (κ3) is 4.45. The molecule has 1 aromatic carbocycles. The van der Waals surface area contributed by atoms with Crippen LogP contribution in [0.4, 0.5) is 0 Å². The summed E-state index contributed by atoms with van der Waals surface area (Å²) in [7, 11) is 0. The van der Waals surface area contributed by atoms with Crippen molar-refractivity contribution in [2.45, 2.75) is 45.4 Å². The highest BCUT2D eigenvalue weighted by atomic mass is 35.5. The molecular weight excluding hydrogens is 286 g/mol. The number of ether oxygens (including phenoxy) is 1. The van der Waals surface area contributed by atoms with Crippen molar-refractivity contribution >= 4 is 17.4 Å². The average molecular weight is 310 g/mol. The first-order valence-electron chi connectivity index (χ1n) is 7.79. The molecule has 2 rings (SSSR count). The van der Waals surface area contributed by atoms with E-state index in [4.69, 9.17) is 22.1 Å². The number of benzene rings is 1. The van der Waals surface area contributed by atoms with Crippen LogP contribution in [-0.4, -0.2) is 18.9 Å². The van der Waals surface area contributed by atoms with Crippen molar-refractivity contribution in [3.63, 3.8) is 0 Å². The van der Waals surface area contributed by atoms with Gasteiger partial charge in [0.1, 0.15) is 11.5 Å². The molecule has 1 aliphatic heterocycles. The molecule has 0 bridgehead atoms. The second-order valence-electron chi connectivity index (χ2n) is 5.76. The molecule has 116 valence electrons. The second kappa shape index (κ2) is 7.81. The summed E-state index contributed by atoms with van der Waals surface area (Å²) in [4.78, 5) is 12.2. The summed E-state index contributed by atoms with van der Waals surface area (Å²) < 4.78 is 5.64. The van der Waals surface area contributed by atoms with Crippen LogP contribution in [0, 0.1) is 5.92 Å². The van der Waals surface area contributed by atoms with Crippen molar-refractivity contribution in [2.24, 2.45) is 11.7 Å². The smallest absolute Gasteiger partial charge is 0.137 e. The summed E-state index contributed by atoms with van der Waals surface area (Å²) in [6, 6.07) is 3.80. The molecule has 1 atom stereocenters. The molecule has 1 unspecified atom stereocenters. The third-order valence-corrected chi connectivity index (χ3v) is 4.41. The predicted molar refractivity (Wildman–Crippen MR) is 86.0 cm³/mol. The number of nitrogens with two attached hydrogens (primary N) is 1. The molecule has 1 aliphatic rings. The van der Waals surface area contributed by atoms with Gasteiger partial charge >= 0.3 is 0 Å². The molecule has 0 amide bonds. The van der Waals surface area contributed by atoms with Gasteiger partial charge in [0.15, 0.2) is 0 Å². The van der Waals surface area contributed by atoms with Crippen molar-refractivity contribution in [3.05, 3.63) is 28.3 Å². The van der Waals surface area contributed by atoms with E-state index in [0.717, 1.165) is 42.6 Å². The van der Waals surface area contributed by atoms with E-state index in [1.165, 1.54) is 0 Å². The number of fused-ring (bicyclic) bond motifs is 1. The molecule has 0 aromatic heterocycles. The van der Waals surface area contributed by atoms with Gasteiger partial charge in [-0.25, -0.2) is 0 Å². The fourth-order valence-corrected chi connectivity index (χ4v) is 3.19. The fourth-order valence-electron chi connectivity index (χ4n) is 2.93. The minimum atomic E-state index is 0.255. The molecule has 0 saturated heterocycles. The van der Waals surface area contributed by atoms with Gasteiger partial charge in [-0.15, -0.1) is 0 Å². The van der Waals surface area contributed by atoms with Crippen LogP contribution in [0.15, 0.2) is 12.1 Å². The number of carbonyl (C=O) groups is 1. The minimum absolute atomic E-state index is 0.255. The molecule has 21 heavy (non-hydrogen) atoms. The van der Waals surface area contributed by atoms with Gasteiger partial charge in [0.25, 0.3) is 0 Å². The van der Waals surface area contributed by atoms with Crippen LogP contribution in [-0.2, 0) is 17.6 Å². The second-order valence-corrected chi connectivity index (χ2v) is 6.19. The van der Waals surface area contributed by atoms with Crippen LogP contribution in [0.2, 0.25) is 5.02 Å². The Morgan fingerprint density at radius 1 is 1.43 bits per heavy atom. The molecule has 0 saturated carbocycles. The van der Waals surface area contributed by atoms with Crippen molar-refractivity contribution in [1.29, 1.82) is 0 Å². The molecule has 2 N–H and O–H groups in total. The van der Waals surface area contributed by atoms with Gasteiger partial charge in [0.05, 0.1) is 6.61 Å². The van der Waals surface area contributed by atoms with Crippen LogP contribution >= 0.6 is 11.6 Å². The van der Waals surface area contributed by atoms with Gasteiger partial charge in [-0.2, -0.15) is 0 Å². The first-order chi connectivity index (χ1) is 10.1. The Labute approximate surface area is 131 Å². The fraction of sp³-hybridized carbons (Fsp3) is 0.588. The van der Waals surface area contributed by atoms with Gasteiger partial charge in [0.2, 0.25) is 0 Å². The quantitative estimate of drug-likeness (QED) is 0.799. The molecule has 0 radical (unpaired) electrons. The number of hydrogen-bond acceptors (Lipinski definition) is 3. The minimum Gasteiger partial charge on any atom is -0.493 e. The van der Waals surface area contributed by atoms with Crippen LogP contribution in [0.3, 0.4) is 0 Å². The summed E-state index contributed by atoms with van der Waals surface area (Å²) in [5.74, 6) is 1.69. The van der Waals surface area contributed by atoms with E-state index in [0.29, 0.717) is 36.9 Å². The first-order valence-corrected chi connectivity index (χ1v) is 8.17. The lowest BCUT2D eigenvalue weighted by molar-refractivity contribution is -0.118. The summed E-state index contributed by atoms with van der Waals surface area (Å²) in [6.07, 6.45) is 4.92. The van der Waals surface area contributed by atoms with E-state index < -0.39 is 0 Å². The van der Waals surface area contributed by atoms with Gasteiger partial charge in [0, 0.05) is 29.8 Å². The van der Waals surface area contributed by atoms with E-state index in [1.807, 2.05) is 12.1 Å². The molecule has 4 heteroatoms. The zero-order valence-electron chi connectivity index (χ0n) is 12.7. The van der Waals surface area contributed by atoms with E-state index in [9.17, 15) is 4.79 Å². The van der Waals surface area contributed by atoms with E-state index >= 15 is 0 Å². The van der Waals surface area contributed by atoms with E-state index in [1.54, 1.807) is 0 Å². The zero-order chi connectivity index (χ0) is 15.2. The maximum absolute atomic E-state index is 12.2. The number of ketones is 1. The predicted octanol–water partition coefficient (Wildman–Crippen LogP) is 3.54. The first kappa shape index (κ1) is 16.3. The number of halogens is 1. The van der Waals surface area contributed by atoms with Crippen molar-refractivity contribution < 1.29 is 9.53 Å². The topological polar surface area (TPSA) is 52.3 Å². The summed E-state index contributed by atoms with van der Waals surface area (Å²) in [5.41, 5.74) is 7.66. The number of Topliss-reactive ketones (excluding diaryl/α,β-unsaturated/α-hetero) is 1. The summed E-state index contributed by atoms with van der Waals surface area (Å²) >= 11 is 6.12. The normalized spacial score (nSPS) is 14.6. The Balaban J connectivity index is 1.94. The standard InChI is InChI=1S/C17H24ClNO2/c1-2-12(5-7-19)3-4-16(20)11-14-10-15(18)9-13-6-8-21-17(13)14/h9-10,12H,2-8,11,19H2,1H3. The molecule has 0 aliphatic carbocycles. The van der Waals surface area contributed by atoms with Crippen molar-refractivity contribution in [3.8, 4) is 5.75 Å². The Morgan fingerprint density at radius 3 is 2.95 bits per heavy atom. The SMILES string of the molecule is CCC(CCN)CCC(=O)Cc1cc(Cl)cc2c1OCC2. The Hall–Kier alpha value is -1.06. The zero-order valence-corrected chi connectivity index (χ0v) is 13.4. The average Bonchev–Trinajstić information content (AvgIpc) is 2.91. The van der Waals surface area contributed by atoms with Crippen LogP contribution in [0.25, 0.3) is 0 Å². The summed E-state index contributed by atoms with van der Waals surface area (Å²) in [6.45, 7) is 3.54. The van der Waals surface area contributed by atoms with Crippen LogP contribution < -0.4 is 10.5 Å². The van der Waals surface area contributed by atoms with Crippen LogP contribution in [0.1, 0.15) is 43.7 Å². The summed E-state index contributed by atoms with van der Waals surface area (Å²) in [5, 5.41) is 0.691. The molecule has 1 heterocycles.